The topological polar surface area (TPSA) is 15.3 Å². The predicted molar refractivity (Wildman–Crippen MR) is 77.6 cm³/mol. The second-order valence-electron chi connectivity index (χ2n) is 5.66. The van der Waals surface area contributed by atoms with Crippen molar-refractivity contribution in [2.75, 3.05) is 19.6 Å². The maximum Gasteiger partial charge on any atom is 0.126 e. The van der Waals surface area contributed by atoms with Crippen molar-refractivity contribution in [3.05, 3.63) is 35.4 Å². The first kappa shape index (κ1) is 15.4. The minimum absolute atomic E-state index is 0.493. The van der Waals surface area contributed by atoms with Gasteiger partial charge in [0.25, 0.3) is 0 Å². The van der Waals surface area contributed by atoms with E-state index in [1.807, 2.05) is 0 Å². The largest absolute Gasteiger partial charge is 0.313 e. The van der Waals surface area contributed by atoms with Gasteiger partial charge in [0.15, 0.2) is 0 Å². The van der Waals surface area contributed by atoms with E-state index in [4.69, 9.17) is 0 Å². The van der Waals surface area contributed by atoms with E-state index in [1.54, 1.807) is 0 Å². The Labute approximate surface area is 120 Å². The van der Waals surface area contributed by atoms with E-state index in [1.165, 1.54) is 31.4 Å². The maximum atomic E-state index is 13.3. The Morgan fingerprint density at radius 2 is 1.95 bits per heavy atom. The summed E-state index contributed by atoms with van der Waals surface area (Å²) in [7, 11) is 0. The molecule has 1 aliphatic rings. The van der Waals surface area contributed by atoms with Crippen LogP contribution in [0.3, 0.4) is 0 Å². The molecule has 0 amide bonds. The van der Waals surface area contributed by atoms with Crippen molar-refractivity contribution in [1.29, 1.82) is 0 Å². The van der Waals surface area contributed by atoms with E-state index >= 15 is 0 Å². The average molecular weight is 282 g/mol. The summed E-state index contributed by atoms with van der Waals surface area (Å²) in [6.07, 6.45) is 4.76. The molecule has 1 fully saturated rings. The highest BCUT2D eigenvalue weighted by Gasteiger charge is 2.16. The first-order chi connectivity index (χ1) is 9.67. The third kappa shape index (κ3) is 4.84. The quantitative estimate of drug-likeness (QED) is 0.861. The summed E-state index contributed by atoms with van der Waals surface area (Å²) in [6.45, 7) is 5.73. The highest BCUT2D eigenvalue weighted by atomic mass is 19.1. The first-order valence-electron chi connectivity index (χ1n) is 7.58. The van der Waals surface area contributed by atoms with E-state index in [2.05, 4.69) is 17.1 Å². The van der Waals surface area contributed by atoms with Crippen LogP contribution in [-0.2, 0) is 6.54 Å². The molecule has 0 spiro atoms. The van der Waals surface area contributed by atoms with Gasteiger partial charge in [-0.2, -0.15) is 0 Å². The minimum atomic E-state index is -0.493. The Bertz CT molecular complexity index is 397. The van der Waals surface area contributed by atoms with Gasteiger partial charge in [-0.15, -0.1) is 0 Å². The summed E-state index contributed by atoms with van der Waals surface area (Å²) in [5, 5.41) is 3.53. The molecule has 20 heavy (non-hydrogen) atoms. The van der Waals surface area contributed by atoms with Gasteiger partial charge >= 0.3 is 0 Å². The van der Waals surface area contributed by atoms with E-state index < -0.39 is 11.6 Å². The molecule has 0 saturated carbocycles. The fraction of sp³-hybridized carbons (Fsp3) is 0.625. The first-order valence-corrected chi connectivity index (χ1v) is 7.58. The number of hydrogen-bond donors (Lipinski definition) is 1. The van der Waals surface area contributed by atoms with Gasteiger partial charge in [-0.05, 0) is 50.0 Å². The molecule has 1 N–H and O–H groups in total. The average Bonchev–Trinajstić information content (AvgIpc) is 2.39. The molecule has 1 unspecified atom stereocenters. The van der Waals surface area contributed by atoms with Crippen LogP contribution in [0.4, 0.5) is 8.78 Å². The van der Waals surface area contributed by atoms with Crippen molar-refractivity contribution in [2.24, 2.45) is 0 Å². The Morgan fingerprint density at radius 3 is 2.55 bits per heavy atom. The van der Waals surface area contributed by atoms with Crippen LogP contribution in [0.15, 0.2) is 18.2 Å². The number of nitrogens with zero attached hydrogens (tertiary/aromatic N) is 1. The lowest BCUT2D eigenvalue weighted by atomic mass is 10.0. The zero-order valence-corrected chi connectivity index (χ0v) is 12.2. The van der Waals surface area contributed by atoms with Crippen molar-refractivity contribution in [3.8, 4) is 0 Å². The van der Waals surface area contributed by atoms with Gasteiger partial charge in [-0.1, -0.05) is 13.3 Å². The maximum absolute atomic E-state index is 13.3. The molecule has 0 aliphatic carbocycles. The molecule has 1 saturated heterocycles. The lowest BCUT2D eigenvalue weighted by Gasteiger charge is -2.30. The molecule has 0 radical (unpaired) electrons. The van der Waals surface area contributed by atoms with Crippen LogP contribution in [0.2, 0.25) is 0 Å². The predicted octanol–water partition coefficient (Wildman–Crippen LogP) is 3.32. The van der Waals surface area contributed by atoms with Crippen molar-refractivity contribution in [3.63, 3.8) is 0 Å². The third-order valence-electron chi connectivity index (χ3n) is 3.76. The van der Waals surface area contributed by atoms with Crippen LogP contribution in [0, 0.1) is 11.6 Å². The van der Waals surface area contributed by atoms with Crippen LogP contribution in [0.1, 0.15) is 38.2 Å². The van der Waals surface area contributed by atoms with E-state index in [0.29, 0.717) is 18.2 Å². The summed E-state index contributed by atoms with van der Waals surface area (Å²) >= 11 is 0. The van der Waals surface area contributed by atoms with Gasteiger partial charge in [0.1, 0.15) is 11.6 Å². The van der Waals surface area contributed by atoms with Gasteiger partial charge in [0.05, 0.1) is 0 Å². The molecule has 2 nitrogen and oxygen atoms in total. The fourth-order valence-electron chi connectivity index (χ4n) is 2.90. The summed E-state index contributed by atoms with van der Waals surface area (Å²) in [5.74, 6) is -0.987. The summed E-state index contributed by atoms with van der Waals surface area (Å²) in [6, 6.07) is 4.30. The van der Waals surface area contributed by atoms with E-state index in [-0.39, 0.29) is 0 Å². The number of hydrogen-bond acceptors (Lipinski definition) is 2. The zero-order valence-electron chi connectivity index (χ0n) is 12.2. The fourth-order valence-corrected chi connectivity index (χ4v) is 2.90. The number of benzene rings is 1. The molecular weight excluding hydrogens is 258 g/mol. The number of halogens is 2. The summed E-state index contributed by atoms with van der Waals surface area (Å²) in [4.78, 5) is 2.29. The standard InChI is InChI=1S/C16H24F2N2/c1-2-7-20(12-16-5-3-4-6-19-16)11-13-8-14(17)10-15(18)9-13/h8-10,16,19H,2-7,11-12H2,1H3. The van der Waals surface area contributed by atoms with Crippen LogP contribution in [0.25, 0.3) is 0 Å². The smallest absolute Gasteiger partial charge is 0.126 e. The number of rotatable bonds is 6. The minimum Gasteiger partial charge on any atom is -0.313 e. The lowest BCUT2D eigenvalue weighted by molar-refractivity contribution is 0.217. The van der Waals surface area contributed by atoms with Crippen molar-refractivity contribution < 1.29 is 8.78 Å². The molecular formula is C16H24F2N2. The number of nitrogens with one attached hydrogen (secondary N) is 1. The highest BCUT2D eigenvalue weighted by Crippen LogP contribution is 2.14. The highest BCUT2D eigenvalue weighted by molar-refractivity contribution is 5.17. The van der Waals surface area contributed by atoms with Gasteiger partial charge < -0.3 is 5.32 Å². The molecule has 0 aromatic heterocycles. The number of piperidine rings is 1. The van der Waals surface area contributed by atoms with Crippen molar-refractivity contribution in [1.82, 2.24) is 10.2 Å². The summed E-state index contributed by atoms with van der Waals surface area (Å²) < 4.78 is 26.5. The Hall–Kier alpha value is -1.00. The summed E-state index contributed by atoms with van der Waals surface area (Å²) in [5.41, 5.74) is 0.715. The molecule has 1 atom stereocenters. The second kappa shape index (κ2) is 7.70. The van der Waals surface area contributed by atoms with Crippen LogP contribution in [0.5, 0.6) is 0 Å². The molecule has 1 aliphatic heterocycles. The normalized spacial score (nSPS) is 19.5. The lowest BCUT2D eigenvalue weighted by Crippen LogP contribution is -2.43. The molecule has 4 heteroatoms. The SMILES string of the molecule is CCCN(Cc1cc(F)cc(F)c1)CC1CCCCN1. The molecule has 1 heterocycles. The molecule has 0 bridgehead atoms. The molecule has 1 aromatic rings. The Kier molecular flexibility index (Phi) is 5.92. The van der Waals surface area contributed by atoms with Crippen LogP contribution in [-0.4, -0.2) is 30.6 Å². The Morgan fingerprint density at radius 1 is 1.20 bits per heavy atom. The van der Waals surface area contributed by atoms with Gasteiger partial charge in [-0.3, -0.25) is 4.90 Å². The van der Waals surface area contributed by atoms with Gasteiger partial charge in [-0.25, -0.2) is 8.78 Å². The van der Waals surface area contributed by atoms with Gasteiger partial charge in [0.2, 0.25) is 0 Å². The molecule has 2 rings (SSSR count). The van der Waals surface area contributed by atoms with Crippen molar-refractivity contribution >= 4 is 0 Å². The van der Waals surface area contributed by atoms with Crippen molar-refractivity contribution in [2.45, 2.75) is 45.2 Å². The molecule has 112 valence electrons. The Balaban J connectivity index is 1.96. The van der Waals surface area contributed by atoms with Crippen LogP contribution >= 0.6 is 0 Å². The van der Waals surface area contributed by atoms with Crippen LogP contribution < -0.4 is 5.32 Å². The third-order valence-corrected chi connectivity index (χ3v) is 3.76. The van der Waals surface area contributed by atoms with E-state index in [0.717, 1.165) is 32.1 Å². The molecule has 1 aromatic carbocycles. The zero-order chi connectivity index (χ0) is 14.4. The second-order valence-corrected chi connectivity index (χ2v) is 5.66. The monoisotopic (exact) mass is 282 g/mol. The van der Waals surface area contributed by atoms with Gasteiger partial charge in [0, 0.05) is 25.2 Å². The van der Waals surface area contributed by atoms with E-state index in [9.17, 15) is 8.78 Å².